The zero-order valence-corrected chi connectivity index (χ0v) is 27.2. The molecule has 2 fully saturated rings. The molecule has 1 aliphatic heterocycles. The van der Waals surface area contributed by atoms with Crippen molar-refractivity contribution in [3.63, 3.8) is 0 Å². The van der Waals surface area contributed by atoms with Crippen LogP contribution in [0.25, 0.3) is 11.1 Å². The van der Waals surface area contributed by atoms with E-state index in [2.05, 4.69) is 16.5 Å². The summed E-state index contributed by atoms with van der Waals surface area (Å²) in [6.45, 7) is 5.25. The average Bonchev–Trinajstić information content (AvgIpc) is 3.36. The number of likely N-dealkylation sites (tertiary alicyclic amines) is 1. The largest absolute Gasteiger partial charge is 0.480 e. The minimum absolute atomic E-state index is 0.201. The summed E-state index contributed by atoms with van der Waals surface area (Å²) < 4.78 is 29.6. The summed E-state index contributed by atoms with van der Waals surface area (Å²) in [6.07, 6.45) is 10.6. The van der Waals surface area contributed by atoms with Gasteiger partial charge in [-0.15, -0.1) is 0 Å². The van der Waals surface area contributed by atoms with Crippen molar-refractivity contribution in [3.05, 3.63) is 59.2 Å². The van der Waals surface area contributed by atoms with Crippen LogP contribution < -0.4 is 5.32 Å². The molecule has 1 heterocycles. The molecule has 1 saturated carbocycles. The predicted octanol–water partition coefficient (Wildman–Crippen LogP) is 5.18. The molecule has 1 aliphatic carbocycles. The molecule has 236 valence electrons. The number of nitrogens with zero attached hydrogens (tertiary/aromatic N) is 1. The second-order valence-electron chi connectivity index (χ2n) is 12.2. The van der Waals surface area contributed by atoms with E-state index in [4.69, 9.17) is 4.74 Å². The number of aliphatic carboxylic acids is 1. The van der Waals surface area contributed by atoms with E-state index in [0.717, 1.165) is 61.2 Å². The van der Waals surface area contributed by atoms with E-state index in [0.29, 0.717) is 22.8 Å². The monoisotopic (exact) mass is 630 g/mol. The first-order chi connectivity index (χ1) is 20.5. The third-order valence-corrected chi connectivity index (χ3v) is 10.7. The Hall–Kier alpha value is -2.40. The van der Waals surface area contributed by atoms with Crippen LogP contribution in [0.5, 0.6) is 0 Å². The summed E-state index contributed by atoms with van der Waals surface area (Å²) >= 11 is 1.90. The lowest BCUT2D eigenvalue weighted by molar-refractivity contribution is -0.139. The smallest absolute Gasteiger partial charge is 0.326 e. The third-order valence-electron chi connectivity index (χ3n) is 8.74. The Morgan fingerprint density at radius 1 is 1.09 bits per heavy atom. The van der Waals surface area contributed by atoms with Crippen LogP contribution in [0.1, 0.15) is 66.4 Å². The minimum Gasteiger partial charge on any atom is -0.480 e. The van der Waals surface area contributed by atoms with Gasteiger partial charge in [0, 0.05) is 42.8 Å². The van der Waals surface area contributed by atoms with E-state index in [1.54, 1.807) is 6.07 Å². The van der Waals surface area contributed by atoms with Gasteiger partial charge in [-0.3, -0.25) is 9.69 Å². The number of hydrogen-bond donors (Lipinski definition) is 2. The number of carboxylic acids is 1. The number of carbonyl (C=O) groups excluding carboxylic acids is 1. The van der Waals surface area contributed by atoms with Crippen molar-refractivity contribution in [2.24, 2.45) is 5.92 Å². The van der Waals surface area contributed by atoms with Gasteiger partial charge in [0.05, 0.1) is 12.4 Å². The number of nitrogens with one attached hydrogen (secondary N) is 1. The molecule has 2 aliphatic rings. The number of carbonyl (C=O) groups is 2. The topological polar surface area (TPSA) is 113 Å². The maximum atomic E-state index is 13.5. The molecule has 1 saturated heterocycles. The van der Waals surface area contributed by atoms with Crippen molar-refractivity contribution >= 4 is 33.5 Å². The van der Waals surface area contributed by atoms with Crippen molar-refractivity contribution < 1.29 is 27.9 Å². The molecule has 3 atom stereocenters. The average molecular weight is 631 g/mol. The fraction of sp³-hybridized carbons (Fsp3) is 0.576. The summed E-state index contributed by atoms with van der Waals surface area (Å²) in [4.78, 5) is 27.8. The SMILES string of the molecule is CS[C@@H]1C[C@@H](COCC2CCCCC2)N(Cc2ccc(C(=O)N[C@@H](CCS(C)(=O)=O)C(=O)O)c(-c3ccccc3C)c2)C1. The number of rotatable bonds is 14. The Kier molecular flexibility index (Phi) is 12.1. The van der Waals surface area contributed by atoms with Crippen LogP contribution in [-0.2, 0) is 25.9 Å². The van der Waals surface area contributed by atoms with Crippen molar-refractivity contribution in [1.29, 1.82) is 0 Å². The van der Waals surface area contributed by atoms with Gasteiger partial charge in [0.25, 0.3) is 5.91 Å². The van der Waals surface area contributed by atoms with E-state index in [9.17, 15) is 23.1 Å². The van der Waals surface area contributed by atoms with Gasteiger partial charge < -0.3 is 15.2 Å². The van der Waals surface area contributed by atoms with Crippen LogP contribution in [0.4, 0.5) is 0 Å². The van der Waals surface area contributed by atoms with Gasteiger partial charge in [0.2, 0.25) is 0 Å². The van der Waals surface area contributed by atoms with Gasteiger partial charge in [-0.1, -0.05) is 49.6 Å². The van der Waals surface area contributed by atoms with Crippen LogP contribution in [-0.4, -0.2) is 85.7 Å². The highest BCUT2D eigenvalue weighted by Gasteiger charge is 2.32. The maximum Gasteiger partial charge on any atom is 0.326 e. The standard InChI is InChI=1S/C33H46N2O6S2/c1-23-9-7-8-12-28(23)30-17-25(13-14-29(30)32(36)34-31(33(37)38)15-16-43(3,39)40)19-35-20-27(42-2)18-26(35)22-41-21-24-10-5-4-6-11-24/h7-9,12-14,17,24,26-27,31H,4-6,10-11,15-16,18-22H2,1-3H3,(H,34,36)(H,37,38)/t26-,27+,31-/m0/s1. The summed E-state index contributed by atoms with van der Waals surface area (Å²) in [5.41, 5.74) is 4.05. The van der Waals surface area contributed by atoms with Crippen LogP contribution in [0.15, 0.2) is 42.5 Å². The Labute approximate surface area is 260 Å². The second kappa shape index (κ2) is 15.5. The lowest BCUT2D eigenvalue weighted by Gasteiger charge is -2.27. The highest BCUT2D eigenvalue weighted by Crippen LogP contribution is 2.32. The molecule has 0 bridgehead atoms. The molecule has 43 heavy (non-hydrogen) atoms. The first kappa shape index (κ1) is 33.5. The molecule has 0 spiro atoms. The summed E-state index contributed by atoms with van der Waals surface area (Å²) in [6, 6.07) is 12.6. The van der Waals surface area contributed by atoms with E-state index >= 15 is 0 Å². The minimum atomic E-state index is -3.38. The van der Waals surface area contributed by atoms with Gasteiger partial charge in [-0.2, -0.15) is 11.8 Å². The molecule has 0 aromatic heterocycles. The molecule has 2 N–H and O–H groups in total. The quantitative estimate of drug-likeness (QED) is 0.294. The van der Waals surface area contributed by atoms with Crippen molar-refractivity contribution in [2.75, 3.05) is 38.0 Å². The molecule has 1 amide bonds. The van der Waals surface area contributed by atoms with Gasteiger partial charge in [0.1, 0.15) is 15.9 Å². The third kappa shape index (κ3) is 9.80. The normalized spacial score (nSPS) is 20.6. The van der Waals surface area contributed by atoms with Crippen LogP contribution in [0.3, 0.4) is 0 Å². The Morgan fingerprint density at radius 3 is 2.51 bits per heavy atom. The van der Waals surface area contributed by atoms with Gasteiger partial charge in [0.15, 0.2) is 0 Å². The Morgan fingerprint density at radius 2 is 1.84 bits per heavy atom. The summed E-state index contributed by atoms with van der Waals surface area (Å²) in [7, 11) is -3.38. The molecule has 0 radical (unpaired) electrons. The highest BCUT2D eigenvalue weighted by molar-refractivity contribution is 7.99. The number of sulfone groups is 1. The van der Waals surface area contributed by atoms with Gasteiger partial charge >= 0.3 is 5.97 Å². The lowest BCUT2D eigenvalue weighted by Crippen LogP contribution is -2.42. The molecule has 2 aromatic carbocycles. The number of amides is 1. The highest BCUT2D eigenvalue weighted by atomic mass is 32.2. The zero-order valence-electron chi connectivity index (χ0n) is 25.6. The molecule has 4 rings (SSSR count). The molecule has 2 aromatic rings. The first-order valence-electron chi connectivity index (χ1n) is 15.3. The van der Waals surface area contributed by atoms with Crippen molar-refractivity contribution in [2.45, 2.75) is 75.7 Å². The number of hydrogen-bond acceptors (Lipinski definition) is 7. The van der Waals surface area contributed by atoms with Crippen molar-refractivity contribution in [3.8, 4) is 11.1 Å². The predicted molar refractivity (Wildman–Crippen MR) is 173 cm³/mol. The molecule has 0 unspecified atom stereocenters. The molecule has 8 nitrogen and oxygen atoms in total. The number of thioether (sulfide) groups is 1. The van der Waals surface area contributed by atoms with Crippen LogP contribution >= 0.6 is 11.8 Å². The van der Waals surface area contributed by atoms with Gasteiger partial charge in [-0.05, 0) is 79.2 Å². The maximum absolute atomic E-state index is 13.5. The van der Waals surface area contributed by atoms with Crippen molar-refractivity contribution in [1.82, 2.24) is 10.2 Å². The van der Waals surface area contributed by atoms with Crippen LogP contribution in [0.2, 0.25) is 0 Å². The fourth-order valence-electron chi connectivity index (χ4n) is 6.25. The number of benzene rings is 2. The number of ether oxygens (including phenoxy) is 1. The Balaban J connectivity index is 1.54. The lowest BCUT2D eigenvalue weighted by atomic mass is 9.90. The number of carboxylic acid groups (broad SMARTS) is 1. The second-order valence-corrected chi connectivity index (χ2v) is 15.6. The first-order valence-corrected chi connectivity index (χ1v) is 18.6. The van der Waals surface area contributed by atoms with E-state index in [-0.39, 0.29) is 12.2 Å². The van der Waals surface area contributed by atoms with E-state index in [1.807, 2.05) is 55.1 Å². The summed E-state index contributed by atoms with van der Waals surface area (Å²) in [5.74, 6) is -1.45. The molecular formula is C33H46N2O6S2. The van der Waals surface area contributed by atoms with Gasteiger partial charge in [-0.25, -0.2) is 13.2 Å². The van der Waals surface area contributed by atoms with E-state index < -0.39 is 27.8 Å². The zero-order chi connectivity index (χ0) is 31.0. The Bertz CT molecular complexity index is 1360. The van der Waals surface area contributed by atoms with E-state index in [1.165, 1.54) is 32.1 Å². The number of aryl methyl sites for hydroxylation is 1. The molecular weight excluding hydrogens is 585 g/mol. The summed E-state index contributed by atoms with van der Waals surface area (Å²) in [5, 5.41) is 12.8. The molecule has 10 heteroatoms. The van der Waals surface area contributed by atoms with Crippen LogP contribution in [0, 0.1) is 12.8 Å². The fourth-order valence-corrected chi connectivity index (χ4v) is 7.66.